The Labute approximate surface area is 200 Å². The van der Waals surface area contributed by atoms with E-state index in [1.54, 1.807) is 43.8 Å². The number of nitrogens with one attached hydrogen (secondary N) is 1. The van der Waals surface area contributed by atoms with Crippen molar-refractivity contribution in [3.8, 4) is 16.9 Å². The minimum absolute atomic E-state index is 0.0240. The number of carbonyl (C=O) groups excluding carboxylic acids is 3. The second-order valence-electron chi connectivity index (χ2n) is 7.97. The van der Waals surface area contributed by atoms with E-state index in [2.05, 4.69) is 10.4 Å². The van der Waals surface area contributed by atoms with Crippen molar-refractivity contribution in [1.29, 1.82) is 0 Å². The molecule has 3 aromatic rings. The van der Waals surface area contributed by atoms with Crippen molar-refractivity contribution >= 4 is 52.0 Å². The van der Waals surface area contributed by atoms with Gasteiger partial charge in [-0.1, -0.05) is 18.2 Å². The third-order valence-corrected chi connectivity index (χ3v) is 5.17. The highest BCUT2D eigenvalue weighted by atomic mass is 35.5. The monoisotopic (exact) mass is 491 g/mol. The molecule has 0 unspecified atom stereocenters. The van der Waals surface area contributed by atoms with Gasteiger partial charge in [-0.3, -0.25) is 19.1 Å². The number of rotatable bonds is 8. The van der Waals surface area contributed by atoms with Gasteiger partial charge in [0.15, 0.2) is 5.69 Å². The number of amides is 1. The van der Waals surface area contributed by atoms with Gasteiger partial charge < -0.3 is 14.8 Å². The highest BCUT2D eigenvalue weighted by molar-refractivity contribution is 6.26. The third-order valence-electron chi connectivity index (χ3n) is 4.73. The van der Waals surface area contributed by atoms with E-state index in [1.807, 2.05) is 24.3 Å². The highest BCUT2D eigenvalue weighted by Crippen LogP contribution is 2.28. The van der Waals surface area contributed by atoms with E-state index in [4.69, 9.17) is 32.7 Å². The molecule has 174 valence electrons. The van der Waals surface area contributed by atoms with Crippen LogP contribution in [0.5, 0.6) is 5.75 Å². The van der Waals surface area contributed by atoms with Crippen LogP contribution in [0, 0.1) is 0 Å². The highest BCUT2D eigenvalue weighted by Gasteiger charge is 2.26. The van der Waals surface area contributed by atoms with Gasteiger partial charge in [-0.15, -0.1) is 23.2 Å². The lowest BCUT2D eigenvalue weighted by Gasteiger charge is -2.25. The Morgan fingerprint density at radius 2 is 1.73 bits per heavy atom. The Kier molecular flexibility index (Phi) is 7.61. The molecule has 8 nitrogen and oxygen atoms in total. The molecule has 0 saturated heterocycles. The van der Waals surface area contributed by atoms with Crippen molar-refractivity contribution in [2.75, 3.05) is 18.4 Å². The van der Waals surface area contributed by atoms with E-state index in [0.29, 0.717) is 11.1 Å². The second kappa shape index (κ2) is 10.2. The van der Waals surface area contributed by atoms with Crippen LogP contribution in [0.3, 0.4) is 0 Å². The normalized spacial score (nSPS) is 11.3. The molecule has 0 radical (unpaired) electrons. The number of benzene rings is 2. The molecule has 1 heterocycles. The average Bonchev–Trinajstić information content (AvgIpc) is 3.13. The van der Waals surface area contributed by atoms with E-state index in [-0.39, 0.29) is 24.1 Å². The van der Waals surface area contributed by atoms with E-state index in [1.165, 1.54) is 0 Å². The van der Waals surface area contributed by atoms with Crippen molar-refractivity contribution in [2.24, 2.45) is 7.05 Å². The summed E-state index contributed by atoms with van der Waals surface area (Å²) in [4.78, 5) is 35.7. The summed E-state index contributed by atoms with van der Waals surface area (Å²) in [7, 11) is 1.74. The Morgan fingerprint density at radius 3 is 2.42 bits per heavy atom. The number of halogens is 2. The topological polar surface area (TPSA) is 99.5 Å². The molecule has 0 fully saturated rings. The fraction of sp³-hybridized carbons (Fsp3) is 0.304. The summed E-state index contributed by atoms with van der Waals surface area (Å²) in [5, 5.41) is 7.88. The van der Waals surface area contributed by atoms with Crippen LogP contribution in [-0.2, 0) is 21.4 Å². The van der Waals surface area contributed by atoms with E-state index in [0.717, 1.165) is 16.6 Å². The molecule has 1 N–H and O–H groups in total. The lowest BCUT2D eigenvalue weighted by Crippen LogP contribution is -2.47. The number of hydrogen-bond donors (Lipinski definition) is 1. The minimum atomic E-state index is -0.816. The van der Waals surface area contributed by atoms with Crippen LogP contribution >= 0.6 is 23.2 Å². The smallest absolute Gasteiger partial charge is 0.326 e. The molecule has 3 rings (SSSR count). The fourth-order valence-electron chi connectivity index (χ4n) is 3.20. The summed E-state index contributed by atoms with van der Waals surface area (Å²) in [6, 6.07) is 12.6. The van der Waals surface area contributed by atoms with Gasteiger partial charge in [0.25, 0.3) is 5.91 Å². The summed E-state index contributed by atoms with van der Waals surface area (Å²) < 4.78 is 11.8. The molecule has 0 atom stereocenters. The largest absolute Gasteiger partial charge is 0.462 e. The first kappa shape index (κ1) is 24.5. The number of nitrogens with zero attached hydrogens (tertiary/aromatic N) is 2. The average molecular weight is 492 g/mol. The Morgan fingerprint density at radius 1 is 1.03 bits per heavy atom. The molecule has 1 amide bonds. The lowest BCUT2D eigenvalue weighted by molar-refractivity contribution is -0.142. The van der Waals surface area contributed by atoms with Gasteiger partial charge in [-0.05, 0) is 49.2 Å². The maximum absolute atomic E-state index is 12.9. The van der Waals surface area contributed by atoms with Crippen LogP contribution in [0.15, 0.2) is 42.5 Å². The summed E-state index contributed by atoms with van der Waals surface area (Å²) >= 11 is 10.9. The molecule has 0 saturated carbocycles. The lowest BCUT2D eigenvalue weighted by atomic mass is 10.0. The van der Waals surface area contributed by atoms with Crippen LogP contribution in [0.2, 0.25) is 0 Å². The molecule has 33 heavy (non-hydrogen) atoms. The van der Waals surface area contributed by atoms with Crippen molar-refractivity contribution < 1.29 is 23.9 Å². The Bertz CT molecular complexity index is 1210. The zero-order valence-electron chi connectivity index (χ0n) is 18.4. The van der Waals surface area contributed by atoms with Crippen LogP contribution < -0.4 is 10.1 Å². The number of aryl methyl sites for hydroxylation is 1. The van der Waals surface area contributed by atoms with Gasteiger partial charge in [-0.25, -0.2) is 0 Å². The van der Waals surface area contributed by atoms with Crippen molar-refractivity contribution in [1.82, 2.24) is 15.1 Å². The zero-order valence-corrected chi connectivity index (χ0v) is 19.9. The van der Waals surface area contributed by atoms with Crippen molar-refractivity contribution in [2.45, 2.75) is 19.4 Å². The predicted octanol–water partition coefficient (Wildman–Crippen LogP) is 3.67. The number of fused-ring (bicyclic) bond motifs is 1. The molecule has 10 heteroatoms. The van der Waals surface area contributed by atoms with Gasteiger partial charge in [0.2, 0.25) is 0 Å². The van der Waals surface area contributed by atoms with Crippen LogP contribution in [-0.4, -0.2) is 51.5 Å². The molecule has 2 aromatic carbocycles. The first-order chi connectivity index (χ1) is 15.6. The van der Waals surface area contributed by atoms with Gasteiger partial charge in [0.1, 0.15) is 24.1 Å². The van der Waals surface area contributed by atoms with E-state index < -0.39 is 23.4 Å². The second-order valence-corrected chi connectivity index (χ2v) is 8.51. The first-order valence-corrected chi connectivity index (χ1v) is 11.1. The number of carbonyl (C=O) groups is 3. The number of esters is 2. The quantitative estimate of drug-likeness (QED) is 0.293. The minimum Gasteiger partial charge on any atom is -0.462 e. The van der Waals surface area contributed by atoms with Crippen molar-refractivity contribution in [3.05, 3.63) is 48.2 Å². The molecule has 0 aliphatic heterocycles. The van der Waals surface area contributed by atoms with Gasteiger partial charge in [-0.2, -0.15) is 5.10 Å². The van der Waals surface area contributed by atoms with Crippen LogP contribution in [0.1, 0.15) is 24.3 Å². The Balaban J connectivity index is 1.85. The molecule has 0 bridgehead atoms. The molecular formula is C23H23Cl2N3O5. The molecule has 0 aliphatic rings. The van der Waals surface area contributed by atoms with Crippen LogP contribution in [0.25, 0.3) is 22.0 Å². The summed E-state index contributed by atoms with van der Waals surface area (Å²) in [6.07, 6.45) is 0. The Hall–Kier alpha value is -3.10. The molecule has 1 aromatic heterocycles. The first-order valence-electron chi connectivity index (χ1n) is 10.0. The maximum atomic E-state index is 12.9. The van der Waals surface area contributed by atoms with Gasteiger partial charge in [0, 0.05) is 12.4 Å². The summed E-state index contributed by atoms with van der Waals surface area (Å²) in [6.45, 7) is 3.45. The number of alkyl halides is 2. The molecule has 0 spiro atoms. The SMILES string of the molecule is Cn1nc(C(=O)NC(C)(C)COC(=O)CCl)c2ccc(-c3cccc(OC(=O)CCl)c3)cc21. The number of aromatic nitrogens is 2. The summed E-state index contributed by atoms with van der Waals surface area (Å²) in [5.41, 5.74) is 1.86. The zero-order chi connectivity index (χ0) is 24.2. The fourth-order valence-corrected chi connectivity index (χ4v) is 3.34. The van der Waals surface area contributed by atoms with E-state index >= 15 is 0 Å². The third kappa shape index (κ3) is 6.03. The van der Waals surface area contributed by atoms with Crippen molar-refractivity contribution in [3.63, 3.8) is 0 Å². The van der Waals surface area contributed by atoms with E-state index in [9.17, 15) is 14.4 Å². The molecular weight excluding hydrogens is 469 g/mol. The molecule has 0 aliphatic carbocycles. The maximum Gasteiger partial charge on any atom is 0.326 e. The standard InChI is InChI=1S/C23H23Cl2N3O5/c1-23(2,13-32-19(29)11-24)26-22(31)21-17-8-7-15(10-18(17)28(3)27-21)14-5-4-6-16(9-14)33-20(30)12-25/h4-10H,11-13H2,1-3H3,(H,26,31). The predicted molar refractivity (Wildman–Crippen MR) is 126 cm³/mol. The number of ether oxygens (including phenoxy) is 2. The summed E-state index contributed by atoms with van der Waals surface area (Å²) in [5.74, 6) is -1.59. The van der Waals surface area contributed by atoms with Gasteiger partial charge in [0.05, 0.1) is 11.1 Å². The van der Waals surface area contributed by atoms with Gasteiger partial charge >= 0.3 is 11.9 Å². The number of hydrogen-bond acceptors (Lipinski definition) is 6. The van der Waals surface area contributed by atoms with Crippen LogP contribution in [0.4, 0.5) is 0 Å².